The van der Waals surface area contributed by atoms with E-state index in [-0.39, 0.29) is 12.1 Å². The largest absolute Gasteiger partial charge is 0.392 e. The third-order valence-corrected chi connectivity index (χ3v) is 3.42. The number of rotatable bonds is 6. The number of carbonyl (C=O) groups is 1. The highest BCUT2D eigenvalue weighted by atomic mass is 16.3. The number of aliphatic hydroxyl groups excluding tert-OH is 1. The number of imidazole rings is 1. The van der Waals surface area contributed by atoms with Gasteiger partial charge in [-0.25, -0.2) is 9.78 Å². The third-order valence-electron chi connectivity index (χ3n) is 3.42. The molecule has 1 atom stereocenters. The Bertz CT molecular complexity index is 588. The van der Waals surface area contributed by atoms with Crippen LogP contribution in [0.1, 0.15) is 26.5 Å². The maximum absolute atomic E-state index is 12.2. The summed E-state index contributed by atoms with van der Waals surface area (Å²) in [7, 11) is 0. The Morgan fingerprint density at radius 3 is 2.82 bits per heavy atom. The molecule has 2 amide bonds. The van der Waals surface area contributed by atoms with E-state index in [0.29, 0.717) is 19.5 Å². The summed E-state index contributed by atoms with van der Waals surface area (Å²) in [5.74, 6) is 0. The maximum atomic E-state index is 12.2. The van der Waals surface area contributed by atoms with Crippen molar-refractivity contribution in [3.05, 3.63) is 36.3 Å². The van der Waals surface area contributed by atoms with Crippen molar-refractivity contribution in [3.8, 4) is 0 Å². The fraction of sp³-hybridized carbons (Fsp3) is 0.500. The Morgan fingerprint density at radius 2 is 2.18 bits per heavy atom. The summed E-state index contributed by atoms with van der Waals surface area (Å²) in [6, 6.07) is 5.75. The summed E-state index contributed by atoms with van der Waals surface area (Å²) >= 11 is 0. The monoisotopic (exact) mass is 304 g/mol. The first-order valence-electron chi connectivity index (χ1n) is 7.62. The fourth-order valence-electron chi connectivity index (χ4n) is 2.32. The predicted molar refractivity (Wildman–Crippen MR) is 85.8 cm³/mol. The number of aromatic nitrogens is 2. The number of hydrogen-bond donors (Lipinski definition) is 2. The topological polar surface area (TPSA) is 69.9 Å². The van der Waals surface area contributed by atoms with Gasteiger partial charge >= 0.3 is 6.03 Å². The second-order valence-corrected chi connectivity index (χ2v) is 5.78. The summed E-state index contributed by atoms with van der Waals surface area (Å²) in [4.78, 5) is 18.3. The van der Waals surface area contributed by atoms with Gasteiger partial charge in [0.1, 0.15) is 5.65 Å². The maximum Gasteiger partial charge on any atom is 0.317 e. The molecule has 0 saturated carbocycles. The first-order chi connectivity index (χ1) is 10.5. The molecule has 0 aliphatic rings. The molecule has 2 rings (SSSR count). The van der Waals surface area contributed by atoms with Gasteiger partial charge in [-0.3, -0.25) is 0 Å². The van der Waals surface area contributed by atoms with Crippen molar-refractivity contribution in [3.63, 3.8) is 0 Å². The molecule has 0 spiro atoms. The number of nitrogens with one attached hydrogen (secondary N) is 1. The molecule has 2 aromatic heterocycles. The summed E-state index contributed by atoms with van der Waals surface area (Å²) in [5, 5.41) is 12.4. The van der Waals surface area contributed by atoms with Crippen LogP contribution in [0.2, 0.25) is 0 Å². The number of pyridine rings is 1. The molecule has 0 bridgehead atoms. The van der Waals surface area contributed by atoms with Crippen molar-refractivity contribution < 1.29 is 9.90 Å². The molecule has 2 N–H and O–H groups in total. The van der Waals surface area contributed by atoms with Crippen LogP contribution in [0.5, 0.6) is 0 Å². The van der Waals surface area contributed by atoms with Gasteiger partial charge in [-0.05, 0) is 32.9 Å². The van der Waals surface area contributed by atoms with Crippen molar-refractivity contribution >= 4 is 11.7 Å². The van der Waals surface area contributed by atoms with Crippen molar-refractivity contribution in [2.75, 3.05) is 13.1 Å². The van der Waals surface area contributed by atoms with Crippen LogP contribution in [-0.4, -0.2) is 50.7 Å². The zero-order valence-corrected chi connectivity index (χ0v) is 13.4. The highest BCUT2D eigenvalue weighted by Gasteiger charge is 2.18. The van der Waals surface area contributed by atoms with E-state index in [4.69, 9.17) is 0 Å². The Hall–Kier alpha value is -2.08. The van der Waals surface area contributed by atoms with Crippen molar-refractivity contribution in [2.45, 2.75) is 39.3 Å². The number of fused-ring (bicyclic) bond motifs is 1. The summed E-state index contributed by atoms with van der Waals surface area (Å²) in [6.07, 6.45) is 4.06. The number of amides is 2. The molecule has 2 heterocycles. The smallest absolute Gasteiger partial charge is 0.317 e. The van der Waals surface area contributed by atoms with Gasteiger partial charge in [0, 0.05) is 37.9 Å². The SMILES string of the molecule is CC(O)CN(C(=O)NCCc1cn2ccccc2n1)C(C)C. The lowest BCUT2D eigenvalue weighted by Crippen LogP contribution is -2.47. The van der Waals surface area contributed by atoms with Gasteiger partial charge in [-0.2, -0.15) is 0 Å². The zero-order chi connectivity index (χ0) is 16.1. The molecule has 0 aliphatic carbocycles. The van der Waals surface area contributed by atoms with Gasteiger partial charge in [-0.15, -0.1) is 0 Å². The molecule has 0 saturated heterocycles. The molecular formula is C16H24N4O2. The highest BCUT2D eigenvalue weighted by molar-refractivity contribution is 5.74. The second kappa shape index (κ2) is 7.26. The molecule has 22 heavy (non-hydrogen) atoms. The first kappa shape index (κ1) is 16.3. The molecule has 0 aromatic carbocycles. The van der Waals surface area contributed by atoms with Gasteiger partial charge in [0.25, 0.3) is 0 Å². The predicted octanol–water partition coefficient (Wildman–Crippen LogP) is 1.68. The summed E-state index contributed by atoms with van der Waals surface area (Å²) in [5.41, 5.74) is 1.85. The van der Waals surface area contributed by atoms with Crippen LogP contribution < -0.4 is 5.32 Å². The minimum Gasteiger partial charge on any atom is -0.392 e. The van der Waals surface area contributed by atoms with Crippen LogP contribution in [0.3, 0.4) is 0 Å². The average molecular weight is 304 g/mol. The van der Waals surface area contributed by atoms with E-state index >= 15 is 0 Å². The van der Waals surface area contributed by atoms with Crippen LogP contribution in [0.15, 0.2) is 30.6 Å². The number of urea groups is 1. The van der Waals surface area contributed by atoms with Crippen LogP contribution in [0.4, 0.5) is 4.79 Å². The minimum atomic E-state index is -0.536. The van der Waals surface area contributed by atoms with Crippen LogP contribution in [0, 0.1) is 0 Å². The molecule has 0 aliphatic heterocycles. The lowest BCUT2D eigenvalue weighted by Gasteiger charge is -2.28. The van der Waals surface area contributed by atoms with Gasteiger partial charge in [0.05, 0.1) is 11.8 Å². The second-order valence-electron chi connectivity index (χ2n) is 5.78. The Balaban J connectivity index is 1.87. The molecule has 1 unspecified atom stereocenters. The Kier molecular flexibility index (Phi) is 5.38. The normalized spacial score (nSPS) is 12.6. The van der Waals surface area contributed by atoms with E-state index < -0.39 is 6.10 Å². The molecule has 0 radical (unpaired) electrons. The molecule has 6 nitrogen and oxygen atoms in total. The van der Waals surface area contributed by atoms with Gasteiger partial charge in [0.2, 0.25) is 0 Å². The summed E-state index contributed by atoms with van der Waals surface area (Å²) in [6.45, 7) is 6.40. The van der Waals surface area contributed by atoms with Gasteiger partial charge in [0.15, 0.2) is 0 Å². The van der Waals surface area contributed by atoms with E-state index in [0.717, 1.165) is 11.3 Å². The number of aliphatic hydroxyl groups is 1. The van der Waals surface area contributed by atoms with E-state index in [2.05, 4.69) is 10.3 Å². The van der Waals surface area contributed by atoms with E-state index in [1.54, 1.807) is 11.8 Å². The number of nitrogens with zero attached hydrogens (tertiary/aromatic N) is 3. The van der Waals surface area contributed by atoms with E-state index in [9.17, 15) is 9.90 Å². The highest BCUT2D eigenvalue weighted by Crippen LogP contribution is 2.05. The average Bonchev–Trinajstić information content (AvgIpc) is 2.86. The van der Waals surface area contributed by atoms with Crippen LogP contribution >= 0.6 is 0 Å². The fourth-order valence-corrected chi connectivity index (χ4v) is 2.32. The molecule has 0 fully saturated rings. The number of carbonyl (C=O) groups excluding carboxylic acids is 1. The van der Waals surface area contributed by atoms with Gasteiger partial charge < -0.3 is 19.7 Å². The molecule has 2 aromatic rings. The molecular weight excluding hydrogens is 280 g/mol. The lowest BCUT2D eigenvalue weighted by molar-refractivity contribution is 0.119. The molecule has 6 heteroatoms. The summed E-state index contributed by atoms with van der Waals surface area (Å²) < 4.78 is 1.96. The lowest BCUT2D eigenvalue weighted by atomic mass is 10.3. The van der Waals surface area contributed by atoms with Crippen LogP contribution in [0.25, 0.3) is 5.65 Å². The quantitative estimate of drug-likeness (QED) is 0.853. The third kappa shape index (κ3) is 4.21. The first-order valence-corrected chi connectivity index (χ1v) is 7.62. The Labute approximate surface area is 130 Å². The number of hydrogen-bond acceptors (Lipinski definition) is 3. The van der Waals surface area contributed by atoms with Crippen molar-refractivity contribution in [1.82, 2.24) is 19.6 Å². The Morgan fingerprint density at radius 1 is 1.41 bits per heavy atom. The van der Waals surface area contributed by atoms with E-state index in [1.807, 2.05) is 48.8 Å². The van der Waals surface area contributed by atoms with Crippen LogP contribution in [-0.2, 0) is 6.42 Å². The van der Waals surface area contributed by atoms with Crippen molar-refractivity contribution in [1.29, 1.82) is 0 Å². The standard InChI is InChI=1S/C16H24N4O2/c1-12(2)20(10-13(3)21)16(22)17-8-7-14-11-19-9-5-4-6-15(19)18-14/h4-6,9,11-13,21H,7-8,10H2,1-3H3,(H,17,22). The van der Waals surface area contributed by atoms with E-state index in [1.165, 1.54) is 0 Å². The minimum absolute atomic E-state index is 0.0461. The van der Waals surface area contributed by atoms with Gasteiger partial charge in [-0.1, -0.05) is 6.07 Å². The zero-order valence-electron chi connectivity index (χ0n) is 13.4. The van der Waals surface area contributed by atoms with Crippen molar-refractivity contribution in [2.24, 2.45) is 0 Å². The molecule has 120 valence electrons.